The number of para-hydroxylation sites is 1. The number of aryl methyl sites for hydroxylation is 1. The Kier molecular flexibility index (Phi) is 5.33. The molecular formula is C15H21ClO2. The van der Waals surface area contributed by atoms with Gasteiger partial charge in [0.05, 0.1) is 18.6 Å². The van der Waals surface area contributed by atoms with Gasteiger partial charge in [-0.05, 0) is 38.2 Å². The van der Waals surface area contributed by atoms with Crippen molar-refractivity contribution in [3.05, 3.63) is 29.3 Å². The first-order chi connectivity index (χ1) is 8.81. The van der Waals surface area contributed by atoms with Gasteiger partial charge >= 0.3 is 0 Å². The highest BCUT2D eigenvalue weighted by atomic mass is 35.5. The van der Waals surface area contributed by atoms with Crippen molar-refractivity contribution in [1.82, 2.24) is 0 Å². The van der Waals surface area contributed by atoms with Crippen LogP contribution >= 0.6 is 11.6 Å². The SMILES string of the molecule is Cc1cccc(CCl)c1OCCCC1CCCO1. The molecule has 0 amide bonds. The van der Waals surface area contributed by atoms with Gasteiger partial charge in [0.15, 0.2) is 0 Å². The van der Waals surface area contributed by atoms with Gasteiger partial charge in [-0.25, -0.2) is 0 Å². The first-order valence-corrected chi connectivity index (χ1v) is 7.23. The minimum absolute atomic E-state index is 0.456. The van der Waals surface area contributed by atoms with E-state index in [0.717, 1.165) is 42.9 Å². The molecular weight excluding hydrogens is 248 g/mol. The maximum Gasteiger partial charge on any atom is 0.126 e. The third kappa shape index (κ3) is 3.63. The van der Waals surface area contributed by atoms with Crippen LogP contribution in [0.1, 0.15) is 36.8 Å². The van der Waals surface area contributed by atoms with Gasteiger partial charge < -0.3 is 9.47 Å². The highest BCUT2D eigenvalue weighted by Gasteiger charge is 2.14. The van der Waals surface area contributed by atoms with Crippen LogP contribution < -0.4 is 4.74 Å². The Morgan fingerprint density at radius 2 is 2.33 bits per heavy atom. The molecule has 0 saturated carbocycles. The summed E-state index contributed by atoms with van der Waals surface area (Å²) in [5, 5.41) is 0. The second-order valence-corrected chi connectivity index (χ2v) is 5.09. The van der Waals surface area contributed by atoms with E-state index in [9.17, 15) is 0 Å². The molecule has 100 valence electrons. The Balaban J connectivity index is 1.78. The maximum atomic E-state index is 5.92. The monoisotopic (exact) mass is 268 g/mol. The van der Waals surface area contributed by atoms with Gasteiger partial charge in [-0.2, -0.15) is 0 Å². The summed E-state index contributed by atoms with van der Waals surface area (Å²) >= 11 is 5.92. The molecule has 2 nitrogen and oxygen atoms in total. The molecule has 1 fully saturated rings. The van der Waals surface area contributed by atoms with Crippen LogP contribution in [0.25, 0.3) is 0 Å². The van der Waals surface area contributed by atoms with Crippen molar-refractivity contribution in [2.75, 3.05) is 13.2 Å². The van der Waals surface area contributed by atoms with Crippen LogP contribution in [0.2, 0.25) is 0 Å². The van der Waals surface area contributed by atoms with Crippen LogP contribution in [0, 0.1) is 6.92 Å². The fraction of sp³-hybridized carbons (Fsp3) is 0.600. The average molecular weight is 269 g/mol. The lowest BCUT2D eigenvalue weighted by Gasteiger charge is -2.14. The number of benzene rings is 1. The van der Waals surface area contributed by atoms with Crippen LogP contribution in [-0.4, -0.2) is 19.3 Å². The van der Waals surface area contributed by atoms with Gasteiger partial charge in [0.1, 0.15) is 5.75 Å². The molecule has 0 aliphatic carbocycles. The first-order valence-electron chi connectivity index (χ1n) is 6.70. The largest absolute Gasteiger partial charge is 0.493 e. The van der Waals surface area contributed by atoms with Crippen molar-refractivity contribution in [3.8, 4) is 5.75 Å². The molecule has 0 radical (unpaired) electrons. The standard InChI is InChI=1S/C15H21ClO2/c1-12-5-2-6-13(11-16)15(12)18-10-4-8-14-7-3-9-17-14/h2,5-6,14H,3-4,7-11H2,1H3. The lowest BCUT2D eigenvalue weighted by atomic mass is 10.1. The summed E-state index contributed by atoms with van der Waals surface area (Å²) in [6.07, 6.45) is 5.01. The topological polar surface area (TPSA) is 18.5 Å². The lowest BCUT2D eigenvalue weighted by Crippen LogP contribution is -2.08. The van der Waals surface area contributed by atoms with E-state index in [2.05, 4.69) is 13.0 Å². The fourth-order valence-corrected chi connectivity index (χ4v) is 2.59. The third-order valence-electron chi connectivity index (χ3n) is 3.38. The second kappa shape index (κ2) is 7.01. The zero-order chi connectivity index (χ0) is 12.8. The van der Waals surface area contributed by atoms with Gasteiger partial charge in [0.25, 0.3) is 0 Å². The van der Waals surface area contributed by atoms with Crippen LogP contribution in [0.3, 0.4) is 0 Å². The summed E-state index contributed by atoms with van der Waals surface area (Å²) in [4.78, 5) is 0. The van der Waals surface area contributed by atoms with Crippen molar-refractivity contribution >= 4 is 11.6 Å². The number of hydrogen-bond donors (Lipinski definition) is 0. The van der Waals surface area contributed by atoms with Crippen LogP contribution in [-0.2, 0) is 10.6 Å². The summed E-state index contributed by atoms with van der Waals surface area (Å²) in [6.45, 7) is 3.74. The molecule has 1 unspecified atom stereocenters. The smallest absolute Gasteiger partial charge is 0.126 e. The van der Waals surface area contributed by atoms with Crippen molar-refractivity contribution < 1.29 is 9.47 Å². The predicted octanol–water partition coefficient (Wildman–Crippen LogP) is 4.07. The van der Waals surface area contributed by atoms with E-state index < -0.39 is 0 Å². The zero-order valence-corrected chi connectivity index (χ0v) is 11.7. The third-order valence-corrected chi connectivity index (χ3v) is 3.67. The van der Waals surface area contributed by atoms with Gasteiger partial charge in [-0.3, -0.25) is 0 Å². The maximum absolute atomic E-state index is 5.92. The summed E-state index contributed by atoms with van der Waals surface area (Å²) < 4.78 is 11.5. The molecule has 0 aromatic heterocycles. The molecule has 1 aliphatic heterocycles. The predicted molar refractivity (Wildman–Crippen MR) is 74.4 cm³/mol. The summed E-state index contributed by atoms with van der Waals surface area (Å²) in [6, 6.07) is 6.10. The van der Waals surface area contributed by atoms with Crippen LogP contribution in [0.5, 0.6) is 5.75 Å². The summed E-state index contributed by atoms with van der Waals surface area (Å²) in [7, 11) is 0. The van der Waals surface area contributed by atoms with Crippen LogP contribution in [0.4, 0.5) is 0 Å². The molecule has 2 rings (SSSR count). The van der Waals surface area contributed by atoms with Crippen molar-refractivity contribution in [2.45, 2.75) is 44.6 Å². The van der Waals surface area contributed by atoms with Gasteiger partial charge in [-0.1, -0.05) is 18.2 Å². The van der Waals surface area contributed by atoms with Crippen molar-refractivity contribution in [3.63, 3.8) is 0 Å². The Labute approximate surface area is 114 Å². The summed E-state index contributed by atoms with van der Waals surface area (Å²) in [5.41, 5.74) is 2.24. The van der Waals surface area contributed by atoms with E-state index >= 15 is 0 Å². The quantitative estimate of drug-likeness (QED) is 0.572. The first kappa shape index (κ1) is 13.7. The molecule has 0 spiro atoms. The van der Waals surface area contributed by atoms with Gasteiger partial charge in [0, 0.05) is 12.2 Å². The minimum Gasteiger partial charge on any atom is -0.493 e. The molecule has 1 saturated heterocycles. The molecule has 1 aromatic rings. The number of ether oxygens (including phenoxy) is 2. The molecule has 1 atom stereocenters. The van der Waals surface area contributed by atoms with Crippen molar-refractivity contribution in [2.24, 2.45) is 0 Å². The molecule has 18 heavy (non-hydrogen) atoms. The normalized spacial score (nSPS) is 19.1. The van der Waals surface area contributed by atoms with E-state index in [0.29, 0.717) is 12.0 Å². The number of halogens is 1. The Morgan fingerprint density at radius 3 is 3.06 bits per heavy atom. The Bertz CT molecular complexity index is 373. The highest BCUT2D eigenvalue weighted by molar-refractivity contribution is 6.17. The van der Waals surface area contributed by atoms with E-state index in [1.807, 2.05) is 12.1 Å². The zero-order valence-electron chi connectivity index (χ0n) is 11.0. The van der Waals surface area contributed by atoms with E-state index in [4.69, 9.17) is 21.1 Å². The van der Waals surface area contributed by atoms with Crippen LogP contribution in [0.15, 0.2) is 18.2 Å². The van der Waals surface area contributed by atoms with E-state index in [1.165, 1.54) is 12.8 Å². The Morgan fingerprint density at radius 1 is 1.44 bits per heavy atom. The van der Waals surface area contributed by atoms with Crippen molar-refractivity contribution in [1.29, 1.82) is 0 Å². The number of hydrogen-bond acceptors (Lipinski definition) is 2. The molecule has 3 heteroatoms. The number of alkyl halides is 1. The van der Waals surface area contributed by atoms with E-state index in [1.54, 1.807) is 0 Å². The number of rotatable bonds is 6. The average Bonchev–Trinajstić information content (AvgIpc) is 2.89. The lowest BCUT2D eigenvalue weighted by molar-refractivity contribution is 0.0980. The van der Waals surface area contributed by atoms with Gasteiger partial charge in [0.2, 0.25) is 0 Å². The second-order valence-electron chi connectivity index (χ2n) is 4.82. The molecule has 1 aromatic carbocycles. The summed E-state index contributed by atoms with van der Waals surface area (Å²) in [5.74, 6) is 1.46. The Hall–Kier alpha value is -0.730. The minimum atomic E-state index is 0.456. The highest BCUT2D eigenvalue weighted by Crippen LogP contribution is 2.25. The van der Waals surface area contributed by atoms with E-state index in [-0.39, 0.29) is 0 Å². The molecule has 1 aliphatic rings. The molecule has 0 bridgehead atoms. The molecule has 1 heterocycles. The fourth-order valence-electron chi connectivity index (χ4n) is 2.38. The molecule has 0 N–H and O–H groups in total. The van der Waals surface area contributed by atoms with Gasteiger partial charge in [-0.15, -0.1) is 11.6 Å².